The van der Waals surface area contributed by atoms with Crippen LogP contribution in [0.1, 0.15) is 55.7 Å². The van der Waals surface area contributed by atoms with Gasteiger partial charge in [0.1, 0.15) is 11.4 Å². The number of carboxylic acids is 1. The molecule has 2 aromatic heterocycles. The maximum atomic E-state index is 12.1. The van der Waals surface area contributed by atoms with E-state index in [0.29, 0.717) is 18.7 Å². The number of aromatic carboxylic acids is 1. The first kappa shape index (κ1) is 17.2. The number of pyridine rings is 1. The van der Waals surface area contributed by atoms with Crippen LogP contribution >= 0.6 is 0 Å². The molecule has 1 saturated heterocycles. The summed E-state index contributed by atoms with van der Waals surface area (Å²) in [6.07, 6.45) is 2.72. The predicted molar refractivity (Wildman–Crippen MR) is 89.7 cm³/mol. The van der Waals surface area contributed by atoms with E-state index in [2.05, 4.69) is 10.2 Å². The van der Waals surface area contributed by atoms with Crippen LogP contribution in [-0.2, 0) is 4.74 Å². The van der Waals surface area contributed by atoms with Gasteiger partial charge in [-0.05, 0) is 45.7 Å². The van der Waals surface area contributed by atoms with Gasteiger partial charge in [-0.15, -0.1) is 10.2 Å². The molecule has 0 radical (unpaired) electrons. The molecule has 8 heteroatoms. The number of carboxylic acid groups (broad SMARTS) is 1. The number of carbonyl (C=O) groups excluding carboxylic acids is 1. The van der Waals surface area contributed by atoms with E-state index in [0.717, 1.165) is 18.7 Å². The van der Waals surface area contributed by atoms with E-state index in [1.54, 1.807) is 21.6 Å². The zero-order valence-electron chi connectivity index (χ0n) is 14.6. The zero-order valence-corrected chi connectivity index (χ0v) is 14.6. The summed E-state index contributed by atoms with van der Waals surface area (Å²) < 4.78 is 7.14. The van der Waals surface area contributed by atoms with Crippen molar-refractivity contribution in [2.24, 2.45) is 0 Å². The fraction of sp³-hybridized carbons (Fsp3) is 0.529. The highest BCUT2D eigenvalue weighted by Gasteiger charge is 2.29. The van der Waals surface area contributed by atoms with Gasteiger partial charge < -0.3 is 14.7 Å². The van der Waals surface area contributed by atoms with E-state index in [-0.39, 0.29) is 17.6 Å². The van der Waals surface area contributed by atoms with Gasteiger partial charge in [-0.3, -0.25) is 4.40 Å². The third-order valence-corrected chi connectivity index (χ3v) is 4.19. The molecule has 0 unspecified atom stereocenters. The molecule has 0 atom stereocenters. The molecular formula is C17H22N4O4. The van der Waals surface area contributed by atoms with E-state index in [4.69, 9.17) is 9.84 Å². The topological polar surface area (TPSA) is 97.0 Å². The van der Waals surface area contributed by atoms with E-state index >= 15 is 0 Å². The Morgan fingerprint density at radius 2 is 1.88 bits per heavy atom. The quantitative estimate of drug-likeness (QED) is 0.897. The summed E-state index contributed by atoms with van der Waals surface area (Å²) in [5, 5.41) is 17.5. The number of carbonyl (C=O) groups is 2. The van der Waals surface area contributed by atoms with Crippen molar-refractivity contribution in [3.63, 3.8) is 0 Å². The molecule has 8 nitrogen and oxygen atoms in total. The average molecular weight is 346 g/mol. The lowest BCUT2D eigenvalue weighted by molar-refractivity contribution is 0.0202. The average Bonchev–Trinajstić information content (AvgIpc) is 2.96. The van der Waals surface area contributed by atoms with Gasteiger partial charge in [0, 0.05) is 25.2 Å². The summed E-state index contributed by atoms with van der Waals surface area (Å²) in [7, 11) is 0. The van der Waals surface area contributed by atoms with Crippen molar-refractivity contribution in [1.82, 2.24) is 19.5 Å². The lowest BCUT2D eigenvalue weighted by atomic mass is 9.96. The first-order valence-corrected chi connectivity index (χ1v) is 8.30. The Kier molecular flexibility index (Phi) is 4.36. The number of aromatic nitrogens is 3. The number of fused-ring (bicyclic) bond motifs is 1. The molecule has 3 rings (SSSR count). The number of ether oxygens (including phenoxy) is 1. The van der Waals surface area contributed by atoms with Crippen molar-refractivity contribution < 1.29 is 19.4 Å². The van der Waals surface area contributed by atoms with Crippen molar-refractivity contribution in [2.45, 2.75) is 45.1 Å². The summed E-state index contributed by atoms with van der Waals surface area (Å²) in [6, 6.07) is 3.16. The first-order valence-electron chi connectivity index (χ1n) is 8.30. The second kappa shape index (κ2) is 6.34. The van der Waals surface area contributed by atoms with E-state index in [1.165, 1.54) is 6.07 Å². The lowest BCUT2D eigenvalue weighted by Crippen LogP contribution is -2.41. The molecule has 1 aliphatic rings. The molecule has 0 bridgehead atoms. The van der Waals surface area contributed by atoms with Crippen LogP contribution in [0.15, 0.2) is 18.3 Å². The van der Waals surface area contributed by atoms with Crippen LogP contribution in [0.2, 0.25) is 0 Å². The van der Waals surface area contributed by atoms with Gasteiger partial charge in [-0.1, -0.05) is 0 Å². The Morgan fingerprint density at radius 1 is 1.20 bits per heavy atom. The van der Waals surface area contributed by atoms with Gasteiger partial charge in [0.25, 0.3) is 0 Å². The Bertz CT molecular complexity index is 801. The number of likely N-dealkylation sites (tertiary alicyclic amines) is 1. The minimum atomic E-state index is -0.985. The second-order valence-corrected chi connectivity index (χ2v) is 7.25. The number of amides is 1. The summed E-state index contributed by atoms with van der Waals surface area (Å²) in [5.74, 6) is -0.124. The SMILES string of the molecule is CC(C)(C)OC(=O)N1CCC(c2nnc3ccc(C(=O)O)cn23)CC1. The fourth-order valence-corrected chi connectivity index (χ4v) is 2.96. The smallest absolute Gasteiger partial charge is 0.410 e. The highest BCUT2D eigenvalue weighted by atomic mass is 16.6. The molecule has 0 aromatic carbocycles. The van der Waals surface area contributed by atoms with Crippen molar-refractivity contribution in [1.29, 1.82) is 0 Å². The number of hydrogen-bond acceptors (Lipinski definition) is 5. The van der Waals surface area contributed by atoms with Gasteiger partial charge in [-0.2, -0.15) is 0 Å². The predicted octanol–water partition coefficient (Wildman–Crippen LogP) is 2.54. The van der Waals surface area contributed by atoms with Gasteiger partial charge in [0.05, 0.1) is 5.56 Å². The van der Waals surface area contributed by atoms with Crippen LogP contribution in [0, 0.1) is 0 Å². The zero-order chi connectivity index (χ0) is 18.2. The summed E-state index contributed by atoms with van der Waals surface area (Å²) in [6.45, 7) is 6.69. The van der Waals surface area contributed by atoms with E-state index < -0.39 is 11.6 Å². The molecule has 0 spiro atoms. The summed E-state index contributed by atoms with van der Waals surface area (Å²) in [5.41, 5.74) is 0.305. The van der Waals surface area contributed by atoms with Crippen LogP contribution in [0.25, 0.3) is 5.65 Å². The molecule has 1 amide bonds. The molecule has 3 heterocycles. The highest BCUT2D eigenvalue weighted by Crippen LogP contribution is 2.28. The van der Waals surface area contributed by atoms with E-state index in [1.807, 2.05) is 20.8 Å². The Balaban J connectivity index is 1.73. The Labute approximate surface area is 145 Å². The maximum Gasteiger partial charge on any atom is 0.410 e. The standard InChI is InChI=1S/C17H22N4O4/c1-17(2,3)25-16(24)20-8-6-11(7-9-20)14-19-18-13-5-4-12(15(22)23)10-21(13)14/h4-5,10-11H,6-9H2,1-3H3,(H,22,23). The number of rotatable bonds is 2. The van der Waals surface area contributed by atoms with Crippen molar-refractivity contribution >= 4 is 17.7 Å². The third-order valence-electron chi connectivity index (χ3n) is 4.19. The largest absolute Gasteiger partial charge is 0.478 e. The molecule has 0 saturated carbocycles. The van der Waals surface area contributed by atoms with Crippen molar-refractivity contribution in [2.75, 3.05) is 13.1 Å². The Hall–Kier alpha value is -2.64. The molecule has 134 valence electrons. The maximum absolute atomic E-state index is 12.1. The van der Waals surface area contributed by atoms with Crippen molar-refractivity contribution in [3.8, 4) is 0 Å². The minimum absolute atomic E-state index is 0.123. The Morgan fingerprint density at radius 3 is 2.48 bits per heavy atom. The van der Waals surface area contributed by atoms with Crippen molar-refractivity contribution in [3.05, 3.63) is 29.7 Å². The normalized spacial score (nSPS) is 16.2. The van der Waals surface area contributed by atoms with Crippen LogP contribution in [0.3, 0.4) is 0 Å². The monoisotopic (exact) mass is 346 g/mol. The summed E-state index contributed by atoms with van der Waals surface area (Å²) >= 11 is 0. The highest BCUT2D eigenvalue weighted by molar-refractivity contribution is 5.87. The fourth-order valence-electron chi connectivity index (χ4n) is 2.96. The second-order valence-electron chi connectivity index (χ2n) is 7.25. The molecule has 25 heavy (non-hydrogen) atoms. The van der Waals surface area contributed by atoms with E-state index in [9.17, 15) is 9.59 Å². The van der Waals surface area contributed by atoms with Crippen LogP contribution in [0.4, 0.5) is 4.79 Å². The van der Waals surface area contributed by atoms with Gasteiger partial charge in [-0.25, -0.2) is 9.59 Å². The number of nitrogens with zero attached hydrogens (tertiary/aromatic N) is 4. The minimum Gasteiger partial charge on any atom is -0.478 e. The molecule has 1 fully saturated rings. The summed E-state index contributed by atoms with van der Waals surface area (Å²) in [4.78, 5) is 25.0. The van der Waals surface area contributed by atoms with Gasteiger partial charge >= 0.3 is 12.1 Å². The van der Waals surface area contributed by atoms with Gasteiger partial charge in [0.15, 0.2) is 5.65 Å². The van der Waals surface area contributed by atoms with Gasteiger partial charge in [0.2, 0.25) is 0 Å². The van der Waals surface area contributed by atoms with Crippen LogP contribution in [0.5, 0.6) is 0 Å². The molecule has 1 N–H and O–H groups in total. The molecular weight excluding hydrogens is 324 g/mol. The van der Waals surface area contributed by atoms with Crippen LogP contribution < -0.4 is 0 Å². The molecule has 2 aromatic rings. The number of piperidine rings is 1. The first-order chi connectivity index (χ1) is 11.7. The molecule has 1 aliphatic heterocycles. The third kappa shape index (κ3) is 3.72. The molecule has 0 aliphatic carbocycles. The number of hydrogen-bond donors (Lipinski definition) is 1. The lowest BCUT2D eigenvalue weighted by Gasteiger charge is -2.32. The van der Waals surface area contributed by atoms with Crippen LogP contribution in [-0.4, -0.2) is 55.4 Å².